The lowest BCUT2D eigenvalue weighted by molar-refractivity contribution is 0.0571. The van der Waals surface area contributed by atoms with Crippen LogP contribution in [-0.2, 0) is 4.74 Å². The molecule has 98 valence electrons. The quantitative estimate of drug-likeness (QED) is 0.618. The Balaban J connectivity index is 4.17. The smallest absolute Gasteiger partial charge is 0.0721 e. The molecule has 0 saturated carbocycles. The van der Waals surface area contributed by atoms with E-state index in [1.165, 1.54) is 25.7 Å². The summed E-state index contributed by atoms with van der Waals surface area (Å²) >= 11 is 0. The van der Waals surface area contributed by atoms with E-state index in [9.17, 15) is 0 Å². The summed E-state index contributed by atoms with van der Waals surface area (Å²) in [5.74, 6) is 0.795. The molecule has 3 atom stereocenters. The Kier molecular flexibility index (Phi) is 10.0. The van der Waals surface area contributed by atoms with Crippen molar-refractivity contribution in [2.24, 2.45) is 5.92 Å². The van der Waals surface area contributed by atoms with Gasteiger partial charge in [0.05, 0.1) is 6.10 Å². The van der Waals surface area contributed by atoms with Crippen molar-refractivity contribution in [2.45, 2.75) is 71.9 Å². The van der Waals surface area contributed by atoms with E-state index in [-0.39, 0.29) is 0 Å². The number of ether oxygens (including phenoxy) is 1. The summed E-state index contributed by atoms with van der Waals surface area (Å²) in [6, 6.07) is 0.525. The topological polar surface area (TPSA) is 21.3 Å². The van der Waals surface area contributed by atoms with Gasteiger partial charge in [-0.15, -0.1) is 0 Å². The minimum Gasteiger partial charge on any atom is -0.380 e. The van der Waals surface area contributed by atoms with Crippen molar-refractivity contribution in [3.05, 3.63) is 0 Å². The summed E-state index contributed by atoms with van der Waals surface area (Å²) in [5.41, 5.74) is 0. The summed E-state index contributed by atoms with van der Waals surface area (Å²) in [5, 5.41) is 3.64. The monoisotopic (exact) mass is 229 g/mol. The van der Waals surface area contributed by atoms with E-state index in [4.69, 9.17) is 4.74 Å². The first-order valence-corrected chi connectivity index (χ1v) is 6.95. The molecule has 0 radical (unpaired) electrons. The Morgan fingerprint density at radius 1 is 1.12 bits per heavy atom. The fourth-order valence-corrected chi connectivity index (χ4v) is 2.36. The molecule has 2 nitrogen and oxygen atoms in total. The fraction of sp³-hybridized carbons (Fsp3) is 1.00. The summed E-state index contributed by atoms with van der Waals surface area (Å²) < 4.78 is 5.58. The summed E-state index contributed by atoms with van der Waals surface area (Å²) in [4.78, 5) is 0. The second-order valence-electron chi connectivity index (χ2n) is 4.87. The lowest BCUT2D eigenvalue weighted by Crippen LogP contribution is -2.42. The molecule has 0 aliphatic rings. The highest BCUT2D eigenvalue weighted by Crippen LogP contribution is 2.17. The average Bonchev–Trinajstić information content (AvgIpc) is 2.27. The molecule has 16 heavy (non-hydrogen) atoms. The summed E-state index contributed by atoms with van der Waals surface area (Å²) in [6.45, 7) is 10.1. The standard InChI is InChI=1S/C14H31NO/c1-6-9-12(4)11-13(15-10-7-2)14(8-3)16-5/h12-15H,6-11H2,1-5H3. The van der Waals surface area contributed by atoms with Crippen LogP contribution in [0.15, 0.2) is 0 Å². The second kappa shape index (κ2) is 10.1. The zero-order valence-corrected chi connectivity index (χ0v) is 11.9. The lowest BCUT2D eigenvalue weighted by atomic mass is 9.93. The van der Waals surface area contributed by atoms with Crippen LogP contribution in [0.5, 0.6) is 0 Å². The van der Waals surface area contributed by atoms with E-state index in [2.05, 4.69) is 33.0 Å². The molecule has 0 aliphatic heterocycles. The van der Waals surface area contributed by atoms with Gasteiger partial charge in [-0.05, 0) is 31.7 Å². The Morgan fingerprint density at radius 3 is 2.25 bits per heavy atom. The minimum atomic E-state index is 0.367. The zero-order chi connectivity index (χ0) is 12.4. The molecule has 0 heterocycles. The molecule has 0 aliphatic carbocycles. The Labute approximate surface area is 102 Å². The maximum Gasteiger partial charge on any atom is 0.0721 e. The second-order valence-corrected chi connectivity index (χ2v) is 4.87. The SMILES string of the molecule is CCCNC(CC(C)CCC)C(CC)OC. The molecular formula is C14H31NO. The van der Waals surface area contributed by atoms with Gasteiger partial charge in [-0.1, -0.05) is 40.5 Å². The zero-order valence-electron chi connectivity index (χ0n) is 11.9. The van der Waals surface area contributed by atoms with Gasteiger partial charge in [-0.2, -0.15) is 0 Å². The Hall–Kier alpha value is -0.0800. The van der Waals surface area contributed by atoms with E-state index in [1.807, 2.05) is 7.11 Å². The molecule has 0 rings (SSSR count). The van der Waals surface area contributed by atoms with Crippen molar-refractivity contribution in [3.63, 3.8) is 0 Å². The molecule has 3 unspecified atom stereocenters. The molecule has 0 fully saturated rings. The molecular weight excluding hydrogens is 198 g/mol. The maximum absolute atomic E-state index is 5.58. The van der Waals surface area contributed by atoms with Crippen molar-refractivity contribution in [1.29, 1.82) is 0 Å². The molecule has 0 spiro atoms. The predicted molar refractivity (Wildman–Crippen MR) is 71.9 cm³/mol. The summed E-state index contributed by atoms with van der Waals surface area (Å²) in [6.07, 6.45) is 6.50. The van der Waals surface area contributed by atoms with Gasteiger partial charge in [0.1, 0.15) is 0 Å². The fourth-order valence-electron chi connectivity index (χ4n) is 2.36. The predicted octanol–water partition coefficient (Wildman–Crippen LogP) is 3.61. The first kappa shape index (κ1) is 15.9. The van der Waals surface area contributed by atoms with Crippen LogP contribution < -0.4 is 5.32 Å². The van der Waals surface area contributed by atoms with E-state index in [0.29, 0.717) is 12.1 Å². The van der Waals surface area contributed by atoms with Crippen molar-refractivity contribution in [2.75, 3.05) is 13.7 Å². The van der Waals surface area contributed by atoms with Gasteiger partial charge in [0.15, 0.2) is 0 Å². The van der Waals surface area contributed by atoms with Crippen LogP contribution in [-0.4, -0.2) is 25.8 Å². The molecule has 0 saturated heterocycles. The molecule has 0 aromatic rings. The van der Waals surface area contributed by atoms with Gasteiger partial charge in [0.25, 0.3) is 0 Å². The molecule has 2 heteroatoms. The number of methoxy groups -OCH3 is 1. The van der Waals surface area contributed by atoms with Crippen LogP contribution in [0.25, 0.3) is 0 Å². The third-order valence-electron chi connectivity index (χ3n) is 3.25. The highest BCUT2D eigenvalue weighted by Gasteiger charge is 2.20. The number of hydrogen-bond acceptors (Lipinski definition) is 2. The van der Waals surface area contributed by atoms with Gasteiger partial charge in [0, 0.05) is 13.2 Å². The first-order valence-electron chi connectivity index (χ1n) is 6.95. The van der Waals surface area contributed by atoms with Gasteiger partial charge < -0.3 is 10.1 Å². The van der Waals surface area contributed by atoms with Gasteiger partial charge >= 0.3 is 0 Å². The normalized spacial score (nSPS) is 17.1. The first-order chi connectivity index (χ1) is 7.69. The highest BCUT2D eigenvalue weighted by atomic mass is 16.5. The Morgan fingerprint density at radius 2 is 1.81 bits per heavy atom. The minimum absolute atomic E-state index is 0.367. The largest absolute Gasteiger partial charge is 0.380 e. The number of nitrogens with one attached hydrogen (secondary N) is 1. The molecule has 0 aromatic carbocycles. The van der Waals surface area contributed by atoms with Crippen LogP contribution in [0, 0.1) is 5.92 Å². The van der Waals surface area contributed by atoms with E-state index in [0.717, 1.165) is 18.9 Å². The number of hydrogen-bond donors (Lipinski definition) is 1. The van der Waals surface area contributed by atoms with Crippen LogP contribution >= 0.6 is 0 Å². The van der Waals surface area contributed by atoms with Crippen LogP contribution in [0.2, 0.25) is 0 Å². The molecule has 0 aromatic heterocycles. The van der Waals surface area contributed by atoms with Gasteiger partial charge in [-0.3, -0.25) is 0 Å². The molecule has 0 amide bonds. The number of rotatable bonds is 10. The average molecular weight is 229 g/mol. The van der Waals surface area contributed by atoms with E-state index in [1.54, 1.807) is 0 Å². The summed E-state index contributed by atoms with van der Waals surface area (Å²) in [7, 11) is 1.83. The maximum atomic E-state index is 5.58. The van der Waals surface area contributed by atoms with Crippen molar-refractivity contribution >= 4 is 0 Å². The third kappa shape index (κ3) is 6.49. The van der Waals surface area contributed by atoms with Crippen LogP contribution in [0.4, 0.5) is 0 Å². The van der Waals surface area contributed by atoms with E-state index < -0.39 is 0 Å². The van der Waals surface area contributed by atoms with E-state index >= 15 is 0 Å². The van der Waals surface area contributed by atoms with Gasteiger partial charge in [-0.25, -0.2) is 0 Å². The lowest BCUT2D eigenvalue weighted by Gasteiger charge is -2.28. The molecule has 0 bridgehead atoms. The molecule has 1 N–H and O–H groups in total. The van der Waals surface area contributed by atoms with Crippen LogP contribution in [0.1, 0.15) is 59.8 Å². The van der Waals surface area contributed by atoms with Crippen molar-refractivity contribution in [1.82, 2.24) is 5.32 Å². The Bertz CT molecular complexity index is 146. The van der Waals surface area contributed by atoms with Crippen molar-refractivity contribution < 1.29 is 4.74 Å². The highest BCUT2D eigenvalue weighted by molar-refractivity contribution is 4.78. The van der Waals surface area contributed by atoms with Crippen LogP contribution in [0.3, 0.4) is 0 Å². The third-order valence-corrected chi connectivity index (χ3v) is 3.25. The van der Waals surface area contributed by atoms with Gasteiger partial charge in [0.2, 0.25) is 0 Å². The van der Waals surface area contributed by atoms with Crippen molar-refractivity contribution in [3.8, 4) is 0 Å².